The molecule has 0 aliphatic heterocycles. The monoisotopic (exact) mass is 309 g/mol. The normalized spacial score (nSPS) is 9.57. The summed E-state index contributed by atoms with van der Waals surface area (Å²) in [6.45, 7) is 0.179. The summed E-state index contributed by atoms with van der Waals surface area (Å²) in [5.74, 6) is 2.02. The highest BCUT2D eigenvalue weighted by atomic mass is 16.5. The minimum absolute atomic E-state index is 0.179. The number of terminal acetylenes is 1. The van der Waals surface area contributed by atoms with Crippen LogP contribution in [0.4, 0.5) is 5.69 Å². The Kier molecular flexibility index (Phi) is 5.37. The molecule has 0 unspecified atom stereocenters. The molecule has 23 heavy (non-hydrogen) atoms. The van der Waals surface area contributed by atoms with E-state index in [-0.39, 0.29) is 17.7 Å². The lowest BCUT2D eigenvalue weighted by molar-refractivity contribution is 0.0597. The molecule has 0 bridgehead atoms. The molecule has 5 nitrogen and oxygen atoms in total. The molecule has 5 heteroatoms. The van der Waals surface area contributed by atoms with Crippen LogP contribution in [0.3, 0.4) is 0 Å². The van der Waals surface area contributed by atoms with Crippen molar-refractivity contribution in [3.8, 4) is 18.1 Å². The fourth-order valence-corrected chi connectivity index (χ4v) is 1.93. The maximum absolute atomic E-state index is 12.3. The number of carbonyl (C=O) groups is 2. The van der Waals surface area contributed by atoms with E-state index in [1.54, 1.807) is 42.5 Å². The lowest BCUT2D eigenvalue weighted by Gasteiger charge is -2.09. The number of esters is 1. The minimum Gasteiger partial charge on any atom is -0.481 e. The fraction of sp³-hybridized carbons (Fsp3) is 0.111. The first kappa shape index (κ1) is 16.1. The average molecular weight is 309 g/mol. The number of benzene rings is 2. The first-order chi connectivity index (χ1) is 11.2. The molecular formula is C18H15NO4. The lowest BCUT2D eigenvalue weighted by atomic mass is 10.1. The third-order valence-electron chi connectivity index (χ3n) is 3.01. The van der Waals surface area contributed by atoms with E-state index in [1.165, 1.54) is 13.2 Å². The maximum Gasteiger partial charge on any atom is 0.338 e. The van der Waals surface area contributed by atoms with Crippen molar-refractivity contribution in [3.63, 3.8) is 0 Å². The van der Waals surface area contributed by atoms with Crippen LogP contribution in [0.1, 0.15) is 20.7 Å². The predicted molar refractivity (Wildman–Crippen MR) is 86.5 cm³/mol. The van der Waals surface area contributed by atoms with Gasteiger partial charge < -0.3 is 14.8 Å². The molecular weight excluding hydrogens is 294 g/mol. The van der Waals surface area contributed by atoms with Crippen molar-refractivity contribution in [2.75, 3.05) is 19.0 Å². The molecule has 0 aromatic heterocycles. The number of amides is 1. The van der Waals surface area contributed by atoms with E-state index in [4.69, 9.17) is 11.2 Å². The highest BCUT2D eigenvalue weighted by Crippen LogP contribution is 2.18. The number of methoxy groups -OCH3 is 1. The van der Waals surface area contributed by atoms with Gasteiger partial charge in [-0.15, -0.1) is 6.42 Å². The number of rotatable bonds is 5. The number of ether oxygens (including phenoxy) is 2. The molecule has 0 aliphatic rings. The molecule has 0 heterocycles. The molecule has 0 spiro atoms. The highest BCUT2D eigenvalue weighted by molar-refractivity contribution is 6.11. The Morgan fingerprint density at radius 3 is 2.35 bits per heavy atom. The molecule has 0 radical (unpaired) electrons. The quantitative estimate of drug-likeness (QED) is 0.681. The molecule has 0 atom stereocenters. The SMILES string of the molecule is C#CCOc1ccc(NC(=O)c2ccccc2C(=O)OC)cc1. The Morgan fingerprint density at radius 2 is 1.74 bits per heavy atom. The van der Waals surface area contributed by atoms with Gasteiger partial charge in [0.1, 0.15) is 12.4 Å². The highest BCUT2D eigenvalue weighted by Gasteiger charge is 2.16. The number of hydrogen-bond donors (Lipinski definition) is 1. The standard InChI is InChI=1S/C18H15NO4/c1-3-12-23-14-10-8-13(9-11-14)19-17(20)15-6-4-5-7-16(15)18(21)22-2/h1,4-11H,12H2,2H3,(H,19,20). The van der Waals surface area contributed by atoms with Crippen LogP contribution in [0.2, 0.25) is 0 Å². The van der Waals surface area contributed by atoms with E-state index in [9.17, 15) is 9.59 Å². The van der Waals surface area contributed by atoms with Crippen LogP contribution in [-0.2, 0) is 4.74 Å². The van der Waals surface area contributed by atoms with Crippen LogP contribution >= 0.6 is 0 Å². The topological polar surface area (TPSA) is 64.6 Å². The zero-order valence-corrected chi connectivity index (χ0v) is 12.5. The van der Waals surface area contributed by atoms with E-state index in [0.717, 1.165) is 0 Å². The predicted octanol–water partition coefficient (Wildman–Crippen LogP) is 2.74. The van der Waals surface area contributed by atoms with Gasteiger partial charge in [-0.2, -0.15) is 0 Å². The maximum atomic E-state index is 12.3. The number of nitrogens with one attached hydrogen (secondary N) is 1. The molecule has 1 amide bonds. The Morgan fingerprint density at radius 1 is 1.09 bits per heavy atom. The molecule has 116 valence electrons. The van der Waals surface area contributed by atoms with E-state index in [2.05, 4.69) is 16.0 Å². The Hall–Kier alpha value is -3.26. The van der Waals surface area contributed by atoms with E-state index < -0.39 is 11.9 Å². The van der Waals surface area contributed by atoms with Gasteiger partial charge in [-0.1, -0.05) is 18.1 Å². The molecule has 2 aromatic carbocycles. The Bertz CT molecular complexity index is 744. The van der Waals surface area contributed by atoms with E-state index in [0.29, 0.717) is 11.4 Å². The summed E-state index contributed by atoms with van der Waals surface area (Å²) in [5.41, 5.74) is 1.02. The van der Waals surface area contributed by atoms with Gasteiger partial charge in [-0.3, -0.25) is 4.79 Å². The summed E-state index contributed by atoms with van der Waals surface area (Å²) in [6, 6.07) is 13.2. The molecule has 0 fully saturated rings. The van der Waals surface area contributed by atoms with Crippen LogP contribution in [-0.4, -0.2) is 25.6 Å². The second-order valence-electron chi connectivity index (χ2n) is 4.51. The van der Waals surface area contributed by atoms with Gasteiger partial charge in [0.05, 0.1) is 18.2 Å². The lowest BCUT2D eigenvalue weighted by Crippen LogP contribution is -2.17. The summed E-state index contributed by atoms with van der Waals surface area (Å²) in [7, 11) is 1.27. The van der Waals surface area contributed by atoms with Crippen molar-refractivity contribution in [1.29, 1.82) is 0 Å². The van der Waals surface area contributed by atoms with Crippen molar-refractivity contribution < 1.29 is 19.1 Å². The summed E-state index contributed by atoms with van der Waals surface area (Å²) < 4.78 is 9.93. The van der Waals surface area contributed by atoms with Crippen LogP contribution in [0, 0.1) is 12.3 Å². The van der Waals surface area contributed by atoms with Gasteiger partial charge in [-0.05, 0) is 36.4 Å². The third-order valence-corrected chi connectivity index (χ3v) is 3.01. The fourth-order valence-electron chi connectivity index (χ4n) is 1.93. The van der Waals surface area contributed by atoms with Crippen molar-refractivity contribution in [2.24, 2.45) is 0 Å². The summed E-state index contributed by atoms with van der Waals surface area (Å²) in [5, 5.41) is 2.72. The molecule has 0 saturated heterocycles. The Labute approximate surface area is 134 Å². The second-order valence-corrected chi connectivity index (χ2v) is 4.51. The number of carbonyl (C=O) groups excluding carboxylic acids is 2. The van der Waals surface area contributed by atoms with E-state index >= 15 is 0 Å². The van der Waals surface area contributed by atoms with Gasteiger partial charge in [0, 0.05) is 5.69 Å². The molecule has 1 N–H and O–H groups in total. The van der Waals surface area contributed by atoms with Crippen LogP contribution < -0.4 is 10.1 Å². The van der Waals surface area contributed by atoms with Crippen molar-refractivity contribution in [3.05, 3.63) is 59.7 Å². The van der Waals surface area contributed by atoms with Gasteiger partial charge in [0.15, 0.2) is 0 Å². The van der Waals surface area contributed by atoms with Crippen LogP contribution in [0.5, 0.6) is 5.75 Å². The first-order valence-electron chi connectivity index (χ1n) is 6.80. The second kappa shape index (κ2) is 7.66. The molecule has 0 saturated carbocycles. The number of anilines is 1. The van der Waals surface area contributed by atoms with Crippen molar-refractivity contribution >= 4 is 17.6 Å². The molecule has 0 aliphatic carbocycles. The largest absolute Gasteiger partial charge is 0.481 e. The minimum atomic E-state index is -0.561. The van der Waals surface area contributed by atoms with Crippen LogP contribution in [0.25, 0.3) is 0 Å². The number of hydrogen-bond acceptors (Lipinski definition) is 4. The van der Waals surface area contributed by atoms with Crippen LogP contribution in [0.15, 0.2) is 48.5 Å². The Balaban J connectivity index is 2.13. The molecule has 2 aromatic rings. The molecule has 2 rings (SSSR count). The zero-order valence-electron chi connectivity index (χ0n) is 12.5. The van der Waals surface area contributed by atoms with Crippen molar-refractivity contribution in [1.82, 2.24) is 0 Å². The smallest absolute Gasteiger partial charge is 0.338 e. The summed E-state index contributed by atoms with van der Waals surface area (Å²) in [4.78, 5) is 24.0. The van der Waals surface area contributed by atoms with E-state index in [1.807, 2.05) is 0 Å². The zero-order chi connectivity index (χ0) is 16.7. The third kappa shape index (κ3) is 4.11. The average Bonchev–Trinajstić information content (AvgIpc) is 2.60. The first-order valence-corrected chi connectivity index (χ1v) is 6.80. The summed E-state index contributed by atoms with van der Waals surface area (Å²) >= 11 is 0. The van der Waals surface area contributed by atoms with Gasteiger partial charge in [0.25, 0.3) is 5.91 Å². The van der Waals surface area contributed by atoms with Gasteiger partial charge in [-0.25, -0.2) is 4.79 Å². The van der Waals surface area contributed by atoms with Gasteiger partial charge >= 0.3 is 5.97 Å². The van der Waals surface area contributed by atoms with Gasteiger partial charge in [0.2, 0.25) is 0 Å². The van der Waals surface area contributed by atoms with Crippen molar-refractivity contribution in [2.45, 2.75) is 0 Å². The summed E-state index contributed by atoms with van der Waals surface area (Å²) in [6.07, 6.45) is 5.12.